The number of nitrogens with one attached hydrogen (secondary N) is 3. The van der Waals surface area contributed by atoms with Gasteiger partial charge in [-0.1, -0.05) is 41.9 Å². The van der Waals surface area contributed by atoms with Crippen LogP contribution in [0.4, 0.5) is 0 Å². The number of hydrogen-bond donors (Lipinski definition) is 5. The molecule has 0 aliphatic carbocycles. The molecule has 228 valence electrons. The number of amides is 4. The van der Waals surface area contributed by atoms with Gasteiger partial charge in [0.1, 0.15) is 12.1 Å². The summed E-state index contributed by atoms with van der Waals surface area (Å²) in [5.74, 6) is -1.37. The molecule has 1 aliphatic rings. The lowest BCUT2D eigenvalue weighted by Crippen LogP contribution is -2.53. The van der Waals surface area contributed by atoms with Gasteiger partial charge in [0.2, 0.25) is 24.5 Å². The van der Waals surface area contributed by atoms with E-state index in [1.165, 1.54) is 13.0 Å². The molecule has 2 aromatic carbocycles. The number of carbonyl (C=O) groups is 4. The third-order valence-corrected chi connectivity index (χ3v) is 6.96. The van der Waals surface area contributed by atoms with Crippen molar-refractivity contribution in [1.29, 1.82) is 0 Å². The lowest BCUT2D eigenvalue weighted by Gasteiger charge is -2.25. The maximum absolute atomic E-state index is 13.0. The summed E-state index contributed by atoms with van der Waals surface area (Å²) < 4.78 is 17.3. The zero-order chi connectivity index (χ0) is 30.8. The molecule has 0 bridgehead atoms. The maximum Gasteiger partial charge on any atom is 0.251 e. The summed E-state index contributed by atoms with van der Waals surface area (Å²) in [4.78, 5) is 50.1. The molecular weight excluding hydrogens is 612 g/mol. The minimum Gasteiger partial charge on any atom is -0.454 e. The first kappa shape index (κ1) is 32.8. The van der Waals surface area contributed by atoms with E-state index in [1.807, 2.05) is 38.1 Å². The summed E-state index contributed by atoms with van der Waals surface area (Å²) in [6.07, 6.45) is -1.44. The number of halogens is 1. The van der Waals surface area contributed by atoms with E-state index >= 15 is 0 Å². The summed E-state index contributed by atoms with van der Waals surface area (Å²) in [5, 5.41) is 18.8. The number of aliphatic hydroxyl groups excluding tert-OH is 1. The standard InChI is InChI=1S/C29H37BrN4O8/c1-16(2)10-21(27(31)37)33-28(38)17(3)32-26(36)12-23(35)22(14-40-13-18-4-7-20(30)8-5-18)34-29(39)19-6-9-24-25(11-19)42-15-41-24/h4-9,11,16-17,21-23,35H,10,12-15H2,1-3H3,(H2,31,37)(H,32,36)(H,33,38)(H,34,39)/t17-,21-,22-,23-/m0/s1. The number of rotatable bonds is 15. The van der Waals surface area contributed by atoms with Gasteiger partial charge in [0.15, 0.2) is 11.5 Å². The van der Waals surface area contributed by atoms with Crippen LogP contribution in [0.3, 0.4) is 0 Å². The summed E-state index contributed by atoms with van der Waals surface area (Å²) in [5.41, 5.74) is 6.53. The molecule has 4 amide bonds. The predicted octanol–water partition coefficient (Wildman–Crippen LogP) is 1.76. The van der Waals surface area contributed by atoms with Crippen LogP contribution in [-0.2, 0) is 25.7 Å². The van der Waals surface area contributed by atoms with E-state index in [1.54, 1.807) is 12.1 Å². The SMILES string of the molecule is CC(C)C[C@H](NC(=O)[C@H](C)NC(=O)C[C@H](O)[C@H](COCc1ccc(Br)cc1)NC(=O)c1ccc2c(c1)OCO2)C(N)=O. The van der Waals surface area contributed by atoms with Crippen molar-refractivity contribution in [3.8, 4) is 11.5 Å². The van der Waals surface area contributed by atoms with Gasteiger partial charge in [-0.2, -0.15) is 0 Å². The third-order valence-electron chi connectivity index (χ3n) is 6.43. The van der Waals surface area contributed by atoms with E-state index < -0.39 is 54.3 Å². The highest BCUT2D eigenvalue weighted by Gasteiger charge is 2.28. The molecule has 12 nitrogen and oxygen atoms in total. The van der Waals surface area contributed by atoms with Gasteiger partial charge in [0.25, 0.3) is 5.91 Å². The quantitative estimate of drug-likeness (QED) is 0.194. The molecule has 1 aliphatic heterocycles. The van der Waals surface area contributed by atoms with Crippen LogP contribution in [-0.4, -0.2) is 66.4 Å². The third kappa shape index (κ3) is 10.00. The number of fused-ring (bicyclic) bond motifs is 1. The average Bonchev–Trinajstić information content (AvgIpc) is 3.40. The first-order chi connectivity index (χ1) is 19.9. The monoisotopic (exact) mass is 648 g/mol. The van der Waals surface area contributed by atoms with Crippen LogP contribution in [0.1, 0.15) is 49.5 Å². The van der Waals surface area contributed by atoms with Crippen LogP contribution < -0.4 is 31.2 Å². The Kier molecular flexibility index (Phi) is 12.1. The second-order valence-electron chi connectivity index (χ2n) is 10.4. The van der Waals surface area contributed by atoms with Crippen molar-refractivity contribution in [3.05, 3.63) is 58.1 Å². The second kappa shape index (κ2) is 15.5. The molecule has 4 atom stereocenters. The molecule has 0 aromatic heterocycles. The molecule has 0 fully saturated rings. The topological polar surface area (TPSA) is 178 Å². The Morgan fingerprint density at radius 3 is 2.36 bits per heavy atom. The van der Waals surface area contributed by atoms with Crippen molar-refractivity contribution in [2.24, 2.45) is 11.7 Å². The molecule has 2 aromatic rings. The van der Waals surface area contributed by atoms with E-state index in [0.717, 1.165) is 10.0 Å². The molecular formula is C29H37BrN4O8. The Morgan fingerprint density at radius 1 is 1.00 bits per heavy atom. The van der Waals surface area contributed by atoms with Crippen LogP contribution in [0.15, 0.2) is 46.9 Å². The summed E-state index contributed by atoms with van der Waals surface area (Å²) in [6, 6.07) is 9.29. The molecule has 13 heteroatoms. The van der Waals surface area contributed by atoms with Gasteiger partial charge in [-0.3, -0.25) is 19.2 Å². The van der Waals surface area contributed by atoms with Crippen LogP contribution in [0.25, 0.3) is 0 Å². The van der Waals surface area contributed by atoms with Gasteiger partial charge < -0.3 is 41.0 Å². The van der Waals surface area contributed by atoms with E-state index in [9.17, 15) is 24.3 Å². The first-order valence-corrected chi connectivity index (χ1v) is 14.3. The highest BCUT2D eigenvalue weighted by Crippen LogP contribution is 2.32. The van der Waals surface area contributed by atoms with Gasteiger partial charge in [-0.25, -0.2) is 0 Å². The molecule has 6 N–H and O–H groups in total. The van der Waals surface area contributed by atoms with Crippen LogP contribution in [0, 0.1) is 5.92 Å². The first-order valence-electron chi connectivity index (χ1n) is 13.5. The molecule has 3 rings (SSSR count). The van der Waals surface area contributed by atoms with Gasteiger partial charge in [-0.15, -0.1) is 0 Å². The van der Waals surface area contributed by atoms with Crippen molar-refractivity contribution in [3.63, 3.8) is 0 Å². The van der Waals surface area contributed by atoms with Crippen molar-refractivity contribution < 1.29 is 38.5 Å². The minimum atomic E-state index is -1.36. The smallest absolute Gasteiger partial charge is 0.251 e. The van der Waals surface area contributed by atoms with Crippen LogP contribution in [0.5, 0.6) is 11.5 Å². The number of ether oxygens (including phenoxy) is 3. The number of hydrogen-bond acceptors (Lipinski definition) is 8. The van der Waals surface area contributed by atoms with Crippen LogP contribution in [0.2, 0.25) is 0 Å². The predicted molar refractivity (Wildman–Crippen MR) is 156 cm³/mol. The average molecular weight is 650 g/mol. The van der Waals surface area contributed by atoms with Gasteiger partial charge in [0.05, 0.1) is 31.8 Å². The Labute approximate surface area is 252 Å². The fourth-order valence-electron chi connectivity index (χ4n) is 4.14. The fourth-order valence-corrected chi connectivity index (χ4v) is 4.40. The number of aliphatic hydroxyl groups is 1. The lowest BCUT2D eigenvalue weighted by molar-refractivity contribution is -0.132. The van der Waals surface area contributed by atoms with Gasteiger partial charge in [-0.05, 0) is 55.2 Å². The Morgan fingerprint density at radius 2 is 1.69 bits per heavy atom. The second-order valence-corrected chi connectivity index (χ2v) is 11.4. The molecule has 0 spiro atoms. The summed E-state index contributed by atoms with van der Waals surface area (Å²) in [6.45, 7) is 5.38. The highest BCUT2D eigenvalue weighted by atomic mass is 79.9. The van der Waals surface area contributed by atoms with E-state index in [0.29, 0.717) is 17.9 Å². The summed E-state index contributed by atoms with van der Waals surface area (Å²) in [7, 11) is 0. The van der Waals surface area contributed by atoms with Crippen molar-refractivity contribution >= 4 is 39.6 Å². The zero-order valence-corrected chi connectivity index (χ0v) is 25.3. The molecule has 0 saturated carbocycles. The molecule has 0 saturated heterocycles. The Hall–Kier alpha value is -3.68. The van der Waals surface area contributed by atoms with Crippen molar-refractivity contribution in [1.82, 2.24) is 16.0 Å². The molecule has 1 heterocycles. The normalized spacial score (nSPS) is 14.9. The number of primary amides is 1. The minimum absolute atomic E-state index is 0.0537. The van der Waals surface area contributed by atoms with Crippen molar-refractivity contribution in [2.75, 3.05) is 13.4 Å². The summed E-state index contributed by atoms with van der Waals surface area (Å²) >= 11 is 3.38. The zero-order valence-electron chi connectivity index (χ0n) is 23.7. The van der Waals surface area contributed by atoms with E-state index in [-0.39, 0.29) is 31.5 Å². The van der Waals surface area contributed by atoms with E-state index in [4.69, 9.17) is 19.9 Å². The van der Waals surface area contributed by atoms with E-state index in [2.05, 4.69) is 31.9 Å². The lowest BCUT2D eigenvalue weighted by atomic mass is 10.0. The Bertz CT molecular complexity index is 1260. The number of benzene rings is 2. The fraction of sp³-hybridized carbons (Fsp3) is 0.448. The Balaban J connectivity index is 1.62. The van der Waals surface area contributed by atoms with Gasteiger partial charge in [0, 0.05) is 10.0 Å². The van der Waals surface area contributed by atoms with Crippen molar-refractivity contribution in [2.45, 2.75) is 64.4 Å². The molecule has 0 unspecified atom stereocenters. The molecule has 42 heavy (non-hydrogen) atoms. The largest absolute Gasteiger partial charge is 0.454 e. The number of nitrogens with two attached hydrogens (primary N) is 1. The maximum atomic E-state index is 13.0. The number of carbonyl (C=O) groups excluding carboxylic acids is 4. The van der Waals surface area contributed by atoms with Gasteiger partial charge >= 0.3 is 0 Å². The van der Waals surface area contributed by atoms with Crippen LogP contribution >= 0.6 is 15.9 Å². The highest BCUT2D eigenvalue weighted by molar-refractivity contribution is 9.10. The molecule has 0 radical (unpaired) electrons.